The summed E-state index contributed by atoms with van der Waals surface area (Å²) in [5, 5.41) is 3.66. The Morgan fingerprint density at radius 1 is 1.05 bits per heavy atom. The predicted octanol–water partition coefficient (Wildman–Crippen LogP) is 5.19. The lowest BCUT2D eigenvalue weighted by atomic mass is 10.2. The molecule has 0 unspecified atom stereocenters. The third kappa shape index (κ3) is 3.37. The first-order valence-electron chi connectivity index (χ1n) is 5.23. The molecule has 0 aliphatic heterocycles. The van der Waals surface area contributed by atoms with E-state index in [9.17, 15) is 4.79 Å². The van der Waals surface area contributed by atoms with Gasteiger partial charge in [-0.1, -0.05) is 40.9 Å². The van der Waals surface area contributed by atoms with Crippen LogP contribution < -0.4 is 5.32 Å². The molecule has 0 aromatic heterocycles. The summed E-state index contributed by atoms with van der Waals surface area (Å²) in [6.07, 6.45) is 0. The highest BCUT2D eigenvalue weighted by Crippen LogP contribution is 2.30. The van der Waals surface area contributed by atoms with Gasteiger partial charge in [0, 0.05) is 4.90 Å². The average molecular weight is 333 g/mol. The second-order valence-corrected chi connectivity index (χ2v) is 5.43. The first-order chi connectivity index (χ1) is 8.99. The fourth-order valence-corrected chi connectivity index (χ4v) is 2.23. The van der Waals surface area contributed by atoms with Crippen molar-refractivity contribution in [3.05, 3.63) is 57.0 Å². The Labute approximate surface area is 131 Å². The minimum absolute atomic E-state index is 0.288. The molecule has 0 aliphatic carbocycles. The van der Waals surface area contributed by atoms with E-state index < -0.39 is 0 Å². The van der Waals surface area contributed by atoms with Gasteiger partial charge in [-0.15, -0.1) is 12.6 Å². The Hall–Kier alpha value is -0.870. The number of anilines is 1. The van der Waals surface area contributed by atoms with Gasteiger partial charge in [0.1, 0.15) is 0 Å². The molecule has 0 heterocycles. The van der Waals surface area contributed by atoms with E-state index in [1.807, 2.05) is 0 Å². The Balaban J connectivity index is 2.31. The van der Waals surface area contributed by atoms with E-state index in [0.29, 0.717) is 26.2 Å². The Morgan fingerprint density at radius 2 is 1.79 bits per heavy atom. The number of amides is 1. The molecule has 0 fully saturated rings. The number of benzene rings is 2. The lowest BCUT2D eigenvalue weighted by Gasteiger charge is -2.09. The monoisotopic (exact) mass is 331 g/mol. The van der Waals surface area contributed by atoms with Crippen LogP contribution in [-0.2, 0) is 0 Å². The molecule has 0 atom stereocenters. The van der Waals surface area contributed by atoms with Crippen molar-refractivity contribution in [1.82, 2.24) is 0 Å². The van der Waals surface area contributed by atoms with E-state index >= 15 is 0 Å². The molecule has 2 rings (SSSR count). The Morgan fingerprint density at radius 3 is 2.53 bits per heavy atom. The summed E-state index contributed by atoms with van der Waals surface area (Å²) in [4.78, 5) is 12.8. The molecule has 19 heavy (non-hydrogen) atoms. The zero-order valence-electron chi connectivity index (χ0n) is 9.45. The lowest BCUT2D eigenvalue weighted by Crippen LogP contribution is -2.12. The van der Waals surface area contributed by atoms with E-state index in [1.165, 1.54) is 0 Å². The summed E-state index contributed by atoms with van der Waals surface area (Å²) < 4.78 is 0. The van der Waals surface area contributed by atoms with Gasteiger partial charge in [-0.3, -0.25) is 4.79 Å². The van der Waals surface area contributed by atoms with Crippen molar-refractivity contribution in [1.29, 1.82) is 0 Å². The third-order valence-electron chi connectivity index (χ3n) is 2.39. The van der Waals surface area contributed by atoms with Crippen molar-refractivity contribution in [2.75, 3.05) is 5.32 Å². The summed E-state index contributed by atoms with van der Waals surface area (Å²) in [6, 6.07) is 9.89. The highest BCUT2D eigenvalue weighted by Gasteiger charge is 2.13. The topological polar surface area (TPSA) is 29.1 Å². The molecule has 0 saturated carbocycles. The maximum atomic E-state index is 12.1. The van der Waals surface area contributed by atoms with Crippen molar-refractivity contribution >= 4 is 59.0 Å². The summed E-state index contributed by atoms with van der Waals surface area (Å²) in [5.74, 6) is -0.370. The van der Waals surface area contributed by atoms with E-state index in [1.54, 1.807) is 36.4 Å². The van der Waals surface area contributed by atoms with E-state index in [0.717, 1.165) is 0 Å². The maximum absolute atomic E-state index is 12.1. The van der Waals surface area contributed by atoms with E-state index in [2.05, 4.69) is 17.9 Å². The predicted molar refractivity (Wildman–Crippen MR) is 83.1 cm³/mol. The van der Waals surface area contributed by atoms with Gasteiger partial charge in [-0.2, -0.15) is 0 Å². The highest BCUT2D eigenvalue weighted by atomic mass is 35.5. The SMILES string of the molecule is O=C(Nc1cccc(Cl)c1Cl)c1cc(S)ccc1Cl. The average Bonchev–Trinajstić information content (AvgIpc) is 2.38. The van der Waals surface area contributed by atoms with Crippen LogP contribution in [0, 0.1) is 0 Å². The van der Waals surface area contributed by atoms with Gasteiger partial charge in [-0.05, 0) is 30.3 Å². The molecule has 0 aliphatic rings. The number of hydrogen-bond donors (Lipinski definition) is 2. The summed E-state index contributed by atoms with van der Waals surface area (Å²) in [6.45, 7) is 0. The van der Waals surface area contributed by atoms with Crippen molar-refractivity contribution in [3.8, 4) is 0 Å². The minimum atomic E-state index is -0.370. The number of rotatable bonds is 2. The molecule has 0 spiro atoms. The van der Waals surface area contributed by atoms with Gasteiger partial charge in [-0.25, -0.2) is 0 Å². The number of carbonyl (C=O) groups excluding carboxylic acids is 1. The number of halogens is 3. The first kappa shape index (κ1) is 14.5. The Kier molecular flexibility index (Phi) is 4.63. The molecule has 1 amide bonds. The van der Waals surface area contributed by atoms with Gasteiger partial charge in [0.2, 0.25) is 0 Å². The number of hydrogen-bond acceptors (Lipinski definition) is 2. The van der Waals surface area contributed by atoms with Crippen LogP contribution in [-0.4, -0.2) is 5.91 Å². The van der Waals surface area contributed by atoms with Crippen molar-refractivity contribution in [3.63, 3.8) is 0 Å². The van der Waals surface area contributed by atoms with Crippen LogP contribution in [0.25, 0.3) is 0 Å². The normalized spacial score (nSPS) is 10.3. The van der Waals surface area contributed by atoms with Crippen LogP contribution in [0.2, 0.25) is 15.1 Å². The second kappa shape index (κ2) is 6.06. The summed E-state index contributed by atoms with van der Waals surface area (Å²) >= 11 is 22.0. The largest absolute Gasteiger partial charge is 0.321 e. The second-order valence-electron chi connectivity index (χ2n) is 3.72. The van der Waals surface area contributed by atoms with Crippen molar-refractivity contribution in [2.24, 2.45) is 0 Å². The minimum Gasteiger partial charge on any atom is -0.321 e. The molecular formula is C13H8Cl3NOS. The summed E-state index contributed by atoms with van der Waals surface area (Å²) in [5.41, 5.74) is 0.755. The lowest BCUT2D eigenvalue weighted by molar-refractivity contribution is 0.102. The molecule has 0 saturated heterocycles. The number of carbonyl (C=O) groups is 1. The van der Waals surface area contributed by atoms with Crippen LogP contribution >= 0.6 is 47.4 Å². The molecule has 2 nitrogen and oxygen atoms in total. The van der Waals surface area contributed by atoms with E-state index in [-0.39, 0.29) is 10.9 Å². The molecular weight excluding hydrogens is 325 g/mol. The fourth-order valence-electron chi connectivity index (χ4n) is 1.48. The standard InChI is InChI=1S/C13H8Cl3NOS/c14-9-5-4-7(19)6-8(9)13(18)17-11-3-1-2-10(15)12(11)16/h1-6,19H,(H,17,18). The summed E-state index contributed by atoms with van der Waals surface area (Å²) in [7, 11) is 0. The van der Waals surface area contributed by atoms with Gasteiger partial charge in [0.25, 0.3) is 5.91 Å². The quantitative estimate of drug-likeness (QED) is 0.728. The first-order valence-corrected chi connectivity index (χ1v) is 6.81. The van der Waals surface area contributed by atoms with Crippen LogP contribution in [0.15, 0.2) is 41.3 Å². The number of thiol groups is 1. The zero-order valence-corrected chi connectivity index (χ0v) is 12.6. The third-order valence-corrected chi connectivity index (χ3v) is 3.82. The number of nitrogens with one attached hydrogen (secondary N) is 1. The van der Waals surface area contributed by atoms with Gasteiger partial charge in [0.05, 0.1) is 26.3 Å². The molecule has 1 N–H and O–H groups in total. The molecule has 2 aromatic rings. The maximum Gasteiger partial charge on any atom is 0.257 e. The smallest absolute Gasteiger partial charge is 0.257 e. The molecule has 6 heteroatoms. The van der Waals surface area contributed by atoms with Gasteiger partial charge >= 0.3 is 0 Å². The highest BCUT2D eigenvalue weighted by molar-refractivity contribution is 7.80. The van der Waals surface area contributed by atoms with Crippen LogP contribution in [0.4, 0.5) is 5.69 Å². The van der Waals surface area contributed by atoms with Crippen LogP contribution in [0.5, 0.6) is 0 Å². The van der Waals surface area contributed by atoms with E-state index in [4.69, 9.17) is 34.8 Å². The molecule has 0 radical (unpaired) electrons. The van der Waals surface area contributed by atoms with Gasteiger partial charge < -0.3 is 5.32 Å². The fraction of sp³-hybridized carbons (Fsp3) is 0. The van der Waals surface area contributed by atoms with Crippen LogP contribution in [0.1, 0.15) is 10.4 Å². The van der Waals surface area contributed by atoms with Crippen molar-refractivity contribution in [2.45, 2.75) is 4.90 Å². The Bertz CT molecular complexity index is 646. The van der Waals surface area contributed by atoms with Crippen LogP contribution in [0.3, 0.4) is 0 Å². The van der Waals surface area contributed by atoms with Gasteiger partial charge in [0.15, 0.2) is 0 Å². The molecule has 0 bridgehead atoms. The molecule has 98 valence electrons. The molecule has 2 aromatic carbocycles. The van der Waals surface area contributed by atoms with Crippen molar-refractivity contribution < 1.29 is 4.79 Å². The zero-order chi connectivity index (χ0) is 14.0.